The van der Waals surface area contributed by atoms with Crippen molar-refractivity contribution in [1.29, 1.82) is 0 Å². The van der Waals surface area contributed by atoms with Crippen LogP contribution in [0.4, 0.5) is 11.4 Å². The maximum Gasteiger partial charge on any atom is 0.225 e. The van der Waals surface area contributed by atoms with E-state index in [0.29, 0.717) is 16.0 Å². The summed E-state index contributed by atoms with van der Waals surface area (Å²) >= 11 is 13.8. The smallest absolute Gasteiger partial charge is 0.225 e. The number of amides is 1. The van der Waals surface area contributed by atoms with Crippen molar-refractivity contribution in [1.82, 2.24) is 9.88 Å². The van der Waals surface area contributed by atoms with Gasteiger partial charge < -0.3 is 15.1 Å². The van der Waals surface area contributed by atoms with Crippen LogP contribution in [-0.4, -0.2) is 42.0 Å². The second kappa shape index (κ2) is 8.46. The molecule has 8 heteroatoms. The van der Waals surface area contributed by atoms with Crippen LogP contribution in [0, 0.1) is 5.92 Å². The molecule has 0 radical (unpaired) electrons. The Morgan fingerprint density at radius 1 is 1.27 bits per heavy atom. The molecule has 0 saturated carbocycles. The number of nitrogens with one attached hydrogen (secondary N) is 1. The van der Waals surface area contributed by atoms with E-state index in [2.05, 4.69) is 15.2 Å². The first-order valence-electron chi connectivity index (χ1n) is 8.61. The van der Waals surface area contributed by atoms with Gasteiger partial charge in [-0.05, 0) is 18.2 Å². The van der Waals surface area contributed by atoms with Gasteiger partial charge in [0.15, 0.2) is 4.47 Å². The van der Waals surface area contributed by atoms with Gasteiger partial charge in [-0.15, -0.1) is 11.3 Å². The number of hydrogen-bond acceptors (Lipinski definition) is 5. The van der Waals surface area contributed by atoms with Gasteiger partial charge >= 0.3 is 0 Å². The quantitative estimate of drug-likeness (QED) is 0.791. The molecular formula is C18H22Cl2N4OS. The molecule has 0 atom stereocenters. The van der Waals surface area contributed by atoms with Crippen molar-refractivity contribution in [2.24, 2.45) is 5.92 Å². The van der Waals surface area contributed by atoms with E-state index in [1.165, 1.54) is 11.3 Å². The largest absolute Gasteiger partial charge is 0.380 e. The molecule has 1 fully saturated rings. The van der Waals surface area contributed by atoms with Gasteiger partial charge in [0.25, 0.3) is 0 Å². The van der Waals surface area contributed by atoms with E-state index in [0.717, 1.165) is 42.4 Å². The second-order valence-corrected chi connectivity index (χ2v) is 8.67. The molecule has 1 N–H and O–H groups in total. The van der Waals surface area contributed by atoms with Crippen molar-refractivity contribution >= 4 is 51.8 Å². The summed E-state index contributed by atoms with van der Waals surface area (Å²) < 4.78 is 0.547. The minimum absolute atomic E-state index is 0.0453. The molecule has 0 aliphatic carbocycles. The summed E-state index contributed by atoms with van der Waals surface area (Å²) in [6.07, 6.45) is 1.77. The van der Waals surface area contributed by atoms with Gasteiger partial charge in [0.1, 0.15) is 0 Å². The van der Waals surface area contributed by atoms with Crippen LogP contribution in [0.25, 0.3) is 0 Å². The van der Waals surface area contributed by atoms with Crippen molar-refractivity contribution < 1.29 is 4.79 Å². The Labute approximate surface area is 167 Å². The molecule has 1 aromatic heterocycles. The first-order chi connectivity index (χ1) is 12.4. The topological polar surface area (TPSA) is 48.5 Å². The first kappa shape index (κ1) is 19.3. The highest BCUT2D eigenvalue weighted by Gasteiger charge is 2.23. The van der Waals surface area contributed by atoms with E-state index >= 15 is 0 Å². The number of benzene rings is 1. The Hall–Kier alpha value is -1.50. The number of carbonyl (C=O) groups excluding carboxylic acids is 1. The molecule has 1 saturated heterocycles. The summed E-state index contributed by atoms with van der Waals surface area (Å²) in [7, 11) is 0. The molecule has 2 heterocycles. The van der Waals surface area contributed by atoms with E-state index < -0.39 is 0 Å². The standard InChI is InChI=1S/C18H22Cl2N4OS/c1-12(2)17(25)24-7-5-23(6-8-24)16-4-3-13(9-15(16)19)21-10-14-11-22-18(20)26-14/h3-4,9,11-12,21H,5-8,10H2,1-2H3. The van der Waals surface area contributed by atoms with Gasteiger partial charge in [-0.2, -0.15) is 0 Å². The van der Waals surface area contributed by atoms with Crippen LogP contribution in [-0.2, 0) is 11.3 Å². The summed E-state index contributed by atoms with van der Waals surface area (Å²) in [5, 5.41) is 4.04. The number of rotatable bonds is 5. The third-order valence-electron chi connectivity index (χ3n) is 4.37. The fourth-order valence-corrected chi connectivity index (χ4v) is 4.18. The molecular weight excluding hydrogens is 391 g/mol. The fraction of sp³-hybridized carbons (Fsp3) is 0.444. The molecule has 5 nitrogen and oxygen atoms in total. The Morgan fingerprint density at radius 2 is 2.00 bits per heavy atom. The predicted octanol–water partition coefficient (Wildman–Crippen LogP) is 4.37. The number of aromatic nitrogens is 1. The number of nitrogens with zero attached hydrogens (tertiary/aromatic N) is 3. The summed E-state index contributed by atoms with van der Waals surface area (Å²) in [6, 6.07) is 5.99. The summed E-state index contributed by atoms with van der Waals surface area (Å²) in [5.74, 6) is 0.266. The maximum absolute atomic E-state index is 12.1. The summed E-state index contributed by atoms with van der Waals surface area (Å²) in [6.45, 7) is 7.61. The maximum atomic E-state index is 12.1. The average Bonchev–Trinajstić information content (AvgIpc) is 3.05. The molecule has 0 unspecified atom stereocenters. The average molecular weight is 413 g/mol. The van der Waals surface area contributed by atoms with E-state index in [1.807, 2.05) is 36.9 Å². The highest BCUT2D eigenvalue weighted by atomic mass is 35.5. The lowest BCUT2D eigenvalue weighted by Crippen LogP contribution is -2.50. The Morgan fingerprint density at radius 3 is 2.58 bits per heavy atom. The highest BCUT2D eigenvalue weighted by molar-refractivity contribution is 7.15. The Kier molecular flexibility index (Phi) is 6.27. The minimum Gasteiger partial charge on any atom is -0.380 e. The van der Waals surface area contributed by atoms with Gasteiger partial charge in [-0.3, -0.25) is 4.79 Å². The van der Waals surface area contributed by atoms with Crippen molar-refractivity contribution in [3.8, 4) is 0 Å². The van der Waals surface area contributed by atoms with Crippen molar-refractivity contribution in [3.63, 3.8) is 0 Å². The molecule has 140 valence electrons. The fourth-order valence-electron chi connectivity index (χ4n) is 2.96. The SMILES string of the molecule is CC(C)C(=O)N1CCN(c2ccc(NCc3cnc(Cl)s3)cc2Cl)CC1. The number of piperazine rings is 1. The van der Waals surface area contributed by atoms with Crippen LogP contribution in [0.15, 0.2) is 24.4 Å². The van der Waals surface area contributed by atoms with Crippen LogP contribution < -0.4 is 10.2 Å². The summed E-state index contributed by atoms with van der Waals surface area (Å²) in [5.41, 5.74) is 1.96. The molecule has 3 rings (SSSR count). The highest BCUT2D eigenvalue weighted by Crippen LogP contribution is 2.30. The van der Waals surface area contributed by atoms with Gasteiger partial charge in [-0.25, -0.2) is 4.98 Å². The lowest BCUT2D eigenvalue weighted by Gasteiger charge is -2.37. The van der Waals surface area contributed by atoms with Gasteiger partial charge in [-0.1, -0.05) is 37.0 Å². The molecule has 1 amide bonds. The molecule has 1 aromatic carbocycles. The number of carbonyl (C=O) groups is 1. The zero-order valence-electron chi connectivity index (χ0n) is 14.8. The molecule has 0 spiro atoms. The van der Waals surface area contributed by atoms with Crippen LogP contribution in [0.5, 0.6) is 0 Å². The second-order valence-electron chi connectivity index (χ2n) is 6.57. The zero-order chi connectivity index (χ0) is 18.7. The number of halogens is 2. The molecule has 1 aliphatic rings. The van der Waals surface area contributed by atoms with E-state index in [9.17, 15) is 4.79 Å². The van der Waals surface area contributed by atoms with E-state index in [4.69, 9.17) is 23.2 Å². The third-order valence-corrected chi connectivity index (χ3v) is 5.78. The van der Waals surface area contributed by atoms with Crippen LogP contribution in [0.1, 0.15) is 18.7 Å². The number of hydrogen-bond donors (Lipinski definition) is 1. The Bertz CT molecular complexity index is 772. The van der Waals surface area contributed by atoms with E-state index in [1.54, 1.807) is 6.20 Å². The molecule has 1 aliphatic heterocycles. The van der Waals surface area contributed by atoms with Crippen molar-refractivity contribution in [2.45, 2.75) is 20.4 Å². The molecule has 2 aromatic rings. The van der Waals surface area contributed by atoms with Gasteiger partial charge in [0.05, 0.1) is 17.3 Å². The third kappa shape index (κ3) is 4.61. The monoisotopic (exact) mass is 412 g/mol. The Balaban J connectivity index is 1.59. The first-order valence-corrected chi connectivity index (χ1v) is 10.2. The van der Waals surface area contributed by atoms with Gasteiger partial charge in [0, 0.05) is 48.9 Å². The van der Waals surface area contributed by atoms with Crippen LogP contribution in [0.2, 0.25) is 9.49 Å². The predicted molar refractivity (Wildman–Crippen MR) is 110 cm³/mol. The van der Waals surface area contributed by atoms with Crippen LogP contribution >= 0.6 is 34.5 Å². The zero-order valence-corrected chi connectivity index (χ0v) is 17.2. The van der Waals surface area contributed by atoms with Gasteiger partial charge in [0.2, 0.25) is 5.91 Å². The number of anilines is 2. The van der Waals surface area contributed by atoms with Crippen LogP contribution in [0.3, 0.4) is 0 Å². The number of thiazole rings is 1. The summed E-state index contributed by atoms with van der Waals surface area (Å²) in [4.78, 5) is 21.4. The minimum atomic E-state index is 0.0453. The molecule has 26 heavy (non-hydrogen) atoms. The normalized spacial score (nSPS) is 14.8. The van der Waals surface area contributed by atoms with Crippen molar-refractivity contribution in [3.05, 3.63) is 38.8 Å². The van der Waals surface area contributed by atoms with Crippen molar-refractivity contribution in [2.75, 3.05) is 36.4 Å². The molecule has 0 bridgehead atoms. The van der Waals surface area contributed by atoms with E-state index in [-0.39, 0.29) is 11.8 Å². The lowest BCUT2D eigenvalue weighted by atomic mass is 10.1. The lowest BCUT2D eigenvalue weighted by molar-refractivity contribution is -0.134.